The predicted molar refractivity (Wildman–Crippen MR) is 102 cm³/mol. The quantitative estimate of drug-likeness (QED) is 0.723. The fourth-order valence-electron chi connectivity index (χ4n) is 3.05. The Bertz CT molecular complexity index is 1040. The first-order valence-corrected chi connectivity index (χ1v) is 8.94. The first-order valence-electron chi connectivity index (χ1n) is 8.94. The van der Waals surface area contributed by atoms with Gasteiger partial charge in [0, 0.05) is 31.3 Å². The topological polar surface area (TPSA) is 93.0 Å². The zero-order valence-electron chi connectivity index (χ0n) is 15.0. The molecule has 7 heteroatoms. The lowest BCUT2D eigenvalue weighted by Crippen LogP contribution is -2.27. The van der Waals surface area contributed by atoms with Gasteiger partial charge in [-0.1, -0.05) is 17.3 Å². The lowest BCUT2D eigenvalue weighted by molar-refractivity contribution is 0.340. The number of nitrogens with zero attached hydrogens (tertiary/aromatic N) is 2. The van der Waals surface area contributed by atoms with E-state index in [0.29, 0.717) is 18.1 Å². The molecule has 2 aromatic heterocycles. The van der Waals surface area contributed by atoms with Gasteiger partial charge in [-0.15, -0.1) is 0 Å². The van der Waals surface area contributed by atoms with Gasteiger partial charge in [-0.3, -0.25) is 4.79 Å². The third-order valence-electron chi connectivity index (χ3n) is 4.35. The molecule has 138 valence electrons. The Kier molecular flexibility index (Phi) is 4.84. The van der Waals surface area contributed by atoms with Gasteiger partial charge in [0.2, 0.25) is 5.82 Å². The number of rotatable bonds is 5. The standard InChI is InChI=1S/C20H20N4O3/c1-2-26-15-5-3-4-13(10-15)6-7-18-23-19(24-27-18)16-11-14-12-21-9-8-17(14)22-20(16)25/h3-7,10-11,21H,2,8-9,12H2,1H3,(H,22,25)/b7-6+. The molecule has 0 atom stereocenters. The van der Waals surface area contributed by atoms with Crippen LogP contribution in [-0.4, -0.2) is 28.3 Å². The molecule has 27 heavy (non-hydrogen) atoms. The Balaban J connectivity index is 1.57. The molecular formula is C20H20N4O3. The summed E-state index contributed by atoms with van der Waals surface area (Å²) in [7, 11) is 0. The second-order valence-electron chi connectivity index (χ2n) is 6.24. The van der Waals surface area contributed by atoms with Crippen LogP contribution in [0.3, 0.4) is 0 Å². The van der Waals surface area contributed by atoms with Crippen molar-refractivity contribution in [3.63, 3.8) is 0 Å². The normalized spacial score (nSPS) is 13.7. The summed E-state index contributed by atoms with van der Waals surface area (Å²) in [6.07, 6.45) is 4.39. The summed E-state index contributed by atoms with van der Waals surface area (Å²) in [4.78, 5) is 19.6. The summed E-state index contributed by atoms with van der Waals surface area (Å²) in [6.45, 7) is 4.15. The molecule has 0 saturated carbocycles. The van der Waals surface area contributed by atoms with Crippen molar-refractivity contribution in [3.8, 4) is 17.1 Å². The van der Waals surface area contributed by atoms with Crippen LogP contribution < -0.4 is 15.6 Å². The van der Waals surface area contributed by atoms with Crippen molar-refractivity contribution in [2.75, 3.05) is 13.2 Å². The predicted octanol–water partition coefficient (Wildman–Crippen LogP) is 2.64. The number of aromatic amines is 1. The minimum atomic E-state index is -0.198. The van der Waals surface area contributed by atoms with Crippen LogP contribution in [0.25, 0.3) is 23.5 Å². The van der Waals surface area contributed by atoms with E-state index in [2.05, 4.69) is 20.4 Å². The third kappa shape index (κ3) is 3.83. The molecule has 2 N–H and O–H groups in total. The second-order valence-corrected chi connectivity index (χ2v) is 6.24. The average molecular weight is 364 g/mol. The second kappa shape index (κ2) is 7.59. The van der Waals surface area contributed by atoms with E-state index in [4.69, 9.17) is 9.26 Å². The first kappa shape index (κ1) is 17.2. The summed E-state index contributed by atoms with van der Waals surface area (Å²) in [5, 5.41) is 7.24. The molecule has 0 spiro atoms. The summed E-state index contributed by atoms with van der Waals surface area (Å²) >= 11 is 0. The molecule has 4 rings (SSSR count). The number of nitrogens with one attached hydrogen (secondary N) is 2. The van der Waals surface area contributed by atoms with Crippen LogP contribution in [-0.2, 0) is 13.0 Å². The van der Waals surface area contributed by atoms with E-state index in [1.165, 1.54) is 0 Å². The molecule has 0 fully saturated rings. The minimum Gasteiger partial charge on any atom is -0.494 e. The molecule has 7 nitrogen and oxygen atoms in total. The number of ether oxygens (including phenoxy) is 1. The maximum Gasteiger partial charge on any atom is 0.259 e. The number of H-pyrrole nitrogens is 1. The van der Waals surface area contributed by atoms with Crippen LogP contribution in [0.4, 0.5) is 0 Å². The fraction of sp³-hybridized carbons (Fsp3) is 0.250. The van der Waals surface area contributed by atoms with Crippen LogP contribution in [0.2, 0.25) is 0 Å². The van der Waals surface area contributed by atoms with Crippen LogP contribution in [0.1, 0.15) is 29.6 Å². The molecule has 0 unspecified atom stereocenters. The number of pyridine rings is 1. The average Bonchev–Trinajstić information content (AvgIpc) is 3.15. The summed E-state index contributed by atoms with van der Waals surface area (Å²) in [6, 6.07) is 9.55. The molecular weight excluding hydrogens is 344 g/mol. The zero-order chi connectivity index (χ0) is 18.6. The van der Waals surface area contributed by atoms with E-state index >= 15 is 0 Å². The molecule has 1 aliphatic rings. The third-order valence-corrected chi connectivity index (χ3v) is 4.35. The highest BCUT2D eigenvalue weighted by Crippen LogP contribution is 2.19. The highest BCUT2D eigenvalue weighted by Gasteiger charge is 2.16. The van der Waals surface area contributed by atoms with E-state index in [1.54, 1.807) is 6.08 Å². The largest absolute Gasteiger partial charge is 0.494 e. The number of hydrogen-bond acceptors (Lipinski definition) is 6. The van der Waals surface area contributed by atoms with Gasteiger partial charge in [-0.2, -0.15) is 4.98 Å². The van der Waals surface area contributed by atoms with Gasteiger partial charge < -0.3 is 19.6 Å². The number of benzene rings is 1. The monoisotopic (exact) mass is 364 g/mol. The highest BCUT2D eigenvalue weighted by molar-refractivity contribution is 5.67. The molecule has 0 amide bonds. The summed E-state index contributed by atoms with van der Waals surface area (Å²) in [5.41, 5.74) is 3.21. The van der Waals surface area contributed by atoms with E-state index in [1.807, 2.05) is 43.3 Å². The Labute approximate surface area is 156 Å². The maximum atomic E-state index is 12.3. The number of aromatic nitrogens is 3. The van der Waals surface area contributed by atoms with E-state index in [0.717, 1.165) is 42.1 Å². The van der Waals surface area contributed by atoms with Crippen LogP contribution in [0, 0.1) is 0 Å². The Morgan fingerprint density at radius 3 is 3.11 bits per heavy atom. The lowest BCUT2D eigenvalue weighted by atomic mass is 10.0. The van der Waals surface area contributed by atoms with E-state index < -0.39 is 0 Å². The van der Waals surface area contributed by atoms with Crippen molar-refractivity contribution >= 4 is 12.2 Å². The molecule has 3 aromatic rings. The molecule has 3 heterocycles. The van der Waals surface area contributed by atoms with Gasteiger partial charge in [0.05, 0.1) is 12.2 Å². The molecule has 0 bridgehead atoms. The molecule has 1 aromatic carbocycles. The van der Waals surface area contributed by atoms with Crippen molar-refractivity contribution in [3.05, 3.63) is 63.4 Å². The van der Waals surface area contributed by atoms with Crippen molar-refractivity contribution in [1.29, 1.82) is 0 Å². The van der Waals surface area contributed by atoms with Crippen molar-refractivity contribution in [2.45, 2.75) is 19.9 Å². The first-order chi connectivity index (χ1) is 13.2. The highest BCUT2D eigenvalue weighted by atomic mass is 16.5. The van der Waals surface area contributed by atoms with Gasteiger partial charge in [0.1, 0.15) is 5.75 Å². The maximum absolute atomic E-state index is 12.3. The zero-order valence-corrected chi connectivity index (χ0v) is 15.0. The SMILES string of the molecule is CCOc1cccc(/C=C/c2nc(-c3cc4c([nH]c3=O)CCNC4)no2)c1. The van der Waals surface area contributed by atoms with Crippen LogP contribution in [0.5, 0.6) is 5.75 Å². The lowest BCUT2D eigenvalue weighted by Gasteiger charge is -2.16. The van der Waals surface area contributed by atoms with Crippen LogP contribution in [0.15, 0.2) is 39.6 Å². The minimum absolute atomic E-state index is 0.198. The fourth-order valence-corrected chi connectivity index (χ4v) is 3.05. The van der Waals surface area contributed by atoms with Crippen LogP contribution >= 0.6 is 0 Å². The van der Waals surface area contributed by atoms with Crippen molar-refractivity contribution in [1.82, 2.24) is 20.4 Å². The summed E-state index contributed by atoms with van der Waals surface area (Å²) < 4.78 is 10.8. The van der Waals surface area contributed by atoms with Gasteiger partial charge in [0.25, 0.3) is 11.4 Å². The molecule has 0 aliphatic carbocycles. The van der Waals surface area contributed by atoms with Gasteiger partial charge in [-0.25, -0.2) is 0 Å². The van der Waals surface area contributed by atoms with E-state index in [-0.39, 0.29) is 11.4 Å². The Hall–Kier alpha value is -3.19. The van der Waals surface area contributed by atoms with Crippen molar-refractivity contribution < 1.29 is 9.26 Å². The van der Waals surface area contributed by atoms with Gasteiger partial charge in [0.15, 0.2) is 0 Å². The molecule has 0 radical (unpaired) electrons. The van der Waals surface area contributed by atoms with Gasteiger partial charge in [-0.05, 0) is 42.3 Å². The number of fused-ring (bicyclic) bond motifs is 1. The Morgan fingerprint density at radius 2 is 2.22 bits per heavy atom. The molecule has 1 aliphatic heterocycles. The Morgan fingerprint density at radius 1 is 1.30 bits per heavy atom. The number of hydrogen-bond donors (Lipinski definition) is 2. The summed E-state index contributed by atoms with van der Waals surface area (Å²) in [5.74, 6) is 1.43. The van der Waals surface area contributed by atoms with Gasteiger partial charge >= 0.3 is 0 Å². The molecule has 0 saturated heterocycles. The smallest absolute Gasteiger partial charge is 0.259 e. The van der Waals surface area contributed by atoms with E-state index in [9.17, 15) is 4.79 Å². The van der Waals surface area contributed by atoms with Crippen molar-refractivity contribution in [2.24, 2.45) is 0 Å².